The number of rotatable bonds is 2. The second-order valence-corrected chi connectivity index (χ2v) is 6.62. The Balaban J connectivity index is 2.54. The predicted octanol–water partition coefficient (Wildman–Crippen LogP) is 3.42. The largest absolute Gasteiger partial charge is 0.384 e. The van der Waals surface area contributed by atoms with Crippen LogP contribution in [0.25, 0.3) is 0 Å². The molecule has 0 spiro atoms. The fourth-order valence-electron chi connectivity index (χ4n) is 2.51. The molecule has 0 bridgehead atoms. The van der Waals surface area contributed by atoms with Crippen LogP contribution in [0.1, 0.15) is 54.8 Å². The van der Waals surface area contributed by atoms with Crippen molar-refractivity contribution in [1.29, 1.82) is 0 Å². The Hall–Kier alpha value is -1.61. The minimum Gasteiger partial charge on any atom is -0.384 e. The van der Waals surface area contributed by atoms with E-state index in [-0.39, 0.29) is 5.41 Å². The van der Waals surface area contributed by atoms with Crippen LogP contribution in [0.5, 0.6) is 0 Å². The maximum Gasteiger partial charge on any atom is 0.108 e. The minimum absolute atomic E-state index is 0.0880. The second-order valence-electron chi connectivity index (χ2n) is 6.62. The van der Waals surface area contributed by atoms with Crippen molar-refractivity contribution in [2.45, 2.75) is 46.1 Å². The second kappa shape index (κ2) is 5.06. The van der Waals surface area contributed by atoms with Crippen LogP contribution >= 0.6 is 0 Å². The lowest BCUT2D eigenvalue weighted by Crippen LogP contribution is -2.17. The molecule has 3 nitrogen and oxygen atoms in total. The van der Waals surface area contributed by atoms with E-state index in [0.29, 0.717) is 0 Å². The first kappa shape index (κ1) is 14.8. The van der Waals surface area contributed by atoms with Crippen LogP contribution in [0.2, 0.25) is 0 Å². The Labute approximate surface area is 121 Å². The molecule has 0 radical (unpaired) electrons. The quantitative estimate of drug-likeness (QED) is 0.909. The van der Waals surface area contributed by atoms with Gasteiger partial charge in [0.15, 0.2) is 0 Å². The molecule has 1 atom stereocenters. The number of aliphatic hydroxyl groups is 1. The van der Waals surface area contributed by atoms with Gasteiger partial charge in [-0.25, -0.2) is 0 Å². The van der Waals surface area contributed by atoms with Crippen LogP contribution in [0.15, 0.2) is 24.4 Å². The zero-order chi connectivity index (χ0) is 15.1. The summed E-state index contributed by atoms with van der Waals surface area (Å²) >= 11 is 0. The SMILES string of the molecule is Cc1ccc(C)c(C(O)c2cn(C)nc2C(C)(C)C)c1. The molecular formula is C17H24N2O. The molecule has 20 heavy (non-hydrogen) atoms. The summed E-state index contributed by atoms with van der Waals surface area (Å²) in [6.07, 6.45) is 1.30. The van der Waals surface area contributed by atoms with Crippen LogP contribution in [-0.2, 0) is 12.5 Å². The van der Waals surface area contributed by atoms with Crippen molar-refractivity contribution in [2.24, 2.45) is 7.05 Å². The van der Waals surface area contributed by atoms with E-state index in [0.717, 1.165) is 27.9 Å². The summed E-state index contributed by atoms with van der Waals surface area (Å²) in [4.78, 5) is 0. The molecule has 3 heteroatoms. The summed E-state index contributed by atoms with van der Waals surface area (Å²) in [5, 5.41) is 15.3. The number of hydrogen-bond acceptors (Lipinski definition) is 2. The Kier molecular flexibility index (Phi) is 3.74. The van der Waals surface area contributed by atoms with Gasteiger partial charge >= 0.3 is 0 Å². The van der Waals surface area contributed by atoms with E-state index in [1.54, 1.807) is 4.68 Å². The number of nitrogens with zero attached hydrogens (tertiary/aromatic N) is 2. The van der Waals surface area contributed by atoms with E-state index >= 15 is 0 Å². The fourth-order valence-corrected chi connectivity index (χ4v) is 2.51. The fraction of sp³-hybridized carbons (Fsp3) is 0.471. The van der Waals surface area contributed by atoms with E-state index in [1.165, 1.54) is 0 Å². The van der Waals surface area contributed by atoms with Gasteiger partial charge in [-0.15, -0.1) is 0 Å². The van der Waals surface area contributed by atoms with E-state index in [2.05, 4.69) is 44.1 Å². The zero-order valence-electron chi connectivity index (χ0n) is 13.2. The van der Waals surface area contributed by atoms with Crippen molar-refractivity contribution in [3.05, 3.63) is 52.3 Å². The monoisotopic (exact) mass is 272 g/mol. The van der Waals surface area contributed by atoms with E-state index < -0.39 is 6.10 Å². The summed E-state index contributed by atoms with van der Waals surface area (Å²) in [6.45, 7) is 10.4. The highest BCUT2D eigenvalue weighted by atomic mass is 16.3. The Morgan fingerprint density at radius 1 is 1.15 bits per heavy atom. The van der Waals surface area contributed by atoms with Crippen molar-refractivity contribution in [1.82, 2.24) is 9.78 Å². The average molecular weight is 272 g/mol. The first-order valence-corrected chi connectivity index (χ1v) is 6.99. The highest BCUT2D eigenvalue weighted by Crippen LogP contribution is 2.33. The normalized spacial score (nSPS) is 13.6. The van der Waals surface area contributed by atoms with Crippen LogP contribution < -0.4 is 0 Å². The molecule has 1 aromatic heterocycles. The Morgan fingerprint density at radius 3 is 2.40 bits per heavy atom. The third-order valence-electron chi connectivity index (χ3n) is 3.59. The molecule has 0 aliphatic heterocycles. The van der Waals surface area contributed by atoms with Gasteiger partial charge in [0.05, 0.1) is 5.69 Å². The van der Waals surface area contributed by atoms with Crippen LogP contribution in [0, 0.1) is 13.8 Å². The van der Waals surface area contributed by atoms with Gasteiger partial charge in [0.2, 0.25) is 0 Å². The Bertz CT molecular complexity index is 620. The highest BCUT2D eigenvalue weighted by Gasteiger charge is 2.27. The van der Waals surface area contributed by atoms with Crippen molar-refractivity contribution < 1.29 is 5.11 Å². The van der Waals surface area contributed by atoms with Crippen molar-refractivity contribution in [3.63, 3.8) is 0 Å². The molecule has 108 valence electrons. The first-order chi connectivity index (χ1) is 9.20. The lowest BCUT2D eigenvalue weighted by Gasteiger charge is -2.21. The van der Waals surface area contributed by atoms with Crippen molar-refractivity contribution in [3.8, 4) is 0 Å². The number of aromatic nitrogens is 2. The molecule has 0 saturated carbocycles. The molecule has 1 unspecified atom stereocenters. The lowest BCUT2D eigenvalue weighted by atomic mass is 9.86. The van der Waals surface area contributed by atoms with Gasteiger partial charge in [0, 0.05) is 24.2 Å². The zero-order valence-corrected chi connectivity index (χ0v) is 13.2. The third kappa shape index (κ3) is 2.78. The smallest absolute Gasteiger partial charge is 0.108 e. The molecule has 2 rings (SSSR count). The van der Waals surface area contributed by atoms with Gasteiger partial charge in [-0.1, -0.05) is 44.5 Å². The molecule has 0 aliphatic rings. The molecule has 2 aromatic rings. The van der Waals surface area contributed by atoms with Crippen molar-refractivity contribution in [2.75, 3.05) is 0 Å². The molecule has 1 N–H and O–H groups in total. The van der Waals surface area contributed by atoms with Gasteiger partial charge < -0.3 is 5.11 Å². The number of benzene rings is 1. The molecule has 0 aliphatic carbocycles. The van der Waals surface area contributed by atoms with Gasteiger partial charge in [0.25, 0.3) is 0 Å². The summed E-state index contributed by atoms with van der Waals surface area (Å²) in [7, 11) is 1.90. The topological polar surface area (TPSA) is 38.0 Å². The predicted molar refractivity (Wildman–Crippen MR) is 81.9 cm³/mol. The summed E-state index contributed by atoms with van der Waals surface area (Å²) in [6, 6.07) is 6.18. The first-order valence-electron chi connectivity index (χ1n) is 6.99. The standard InChI is InChI=1S/C17H24N2O/c1-11-7-8-12(2)13(9-11)15(20)14-10-19(6)18-16(14)17(3,4)5/h7-10,15,20H,1-6H3. The van der Waals surface area contributed by atoms with E-state index in [1.807, 2.05) is 27.1 Å². The molecule has 0 amide bonds. The van der Waals surface area contributed by atoms with Crippen LogP contribution in [-0.4, -0.2) is 14.9 Å². The van der Waals surface area contributed by atoms with Gasteiger partial charge in [0.1, 0.15) is 6.10 Å². The number of hydrogen-bond donors (Lipinski definition) is 1. The molecular weight excluding hydrogens is 248 g/mol. The van der Waals surface area contributed by atoms with Crippen LogP contribution in [0.3, 0.4) is 0 Å². The lowest BCUT2D eigenvalue weighted by molar-refractivity contribution is 0.216. The summed E-state index contributed by atoms with van der Waals surface area (Å²) < 4.78 is 1.78. The third-order valence-corrected chi connectivity index (χ3v) is 3.59. The molecule has 0 saturated heterocycles. The summed E-state index contributed by atoms with van der Waals surface area (Å²) in [5.41, 5.74) is 4.98. The highest BCUT2D eigenvalue weighted by molar-refractivity contribution is 5.39. The van der Waals surface area contributed by atoms with Gasteiger partial charge in [-0.2, -0.15) is 5.10 Å². The number of aryl methyl sites for hydroxylation is 3. The maximum atomic E-state index is 10.8. The van der Waals surface area contributed by atoms with Gasteiger partial charge in [-0.3, -0.25) is 4.68 Å². The molecule has 1 aromatic carbocycles. The van der Waals surface area contributed by atoms with E-state index in [9.17, 15) is 5.11 Å². The maximum absolute atomic E-state index is 10.8. The van der Waals surface area contributed by atoms with E-state index in [4.69, 9.17) is 0 Å². The molecule has 0 fully saturated rings. The Morgan fingerprint density at radius 2 is 1.80 bits per heavy atom. The van der Waals surface area contributed by atoms with Gasteiger partial charge in [-0.05, 0) is 25.0 Å². The van der Waals surface area contributed by atoms with Crippen LogP contribution in [0.4, 0.5) is 0 Å². The van der Waals surface area contributed by atoms with Crippen molar-refractivity contribution >= 4 is 0 Å². The minimum atomic E-state index is -0.627. The number of aliphatic hydroxyl groups excluding tert-OH is 1. The molecule has 1 heterocycles. The average Bonchev–Trinajstić information content (AvgIpc) is 2.73. The summed E-state index contributed by atoms with van der Waals surface area (Å²) in [5.74, 6) is 0.